The zero-order valence-corrected chi connectivity index (χ0v) is 13.4. The first-order valence-electron chi connectivity index (χ1n) is 7.27. The number of aromatic carboxylic acids is 2. The first-order valence-corrected chi connectivity index (χ1v) is 7.27. The summed E-state index contributed by atoms with van der Waals surface area (Å²) in [6.07, 6.45) is 0.308. The topological polar surface area (TPSA) is 173 Å². The van der Waals surface area contributed by atoms with E-state index in [1.54, 1.807) is 13.0 Å². The Balaban J connectivity index is 3.30. The van der Waals surface area contributed by atoms with E-state index in [1.165, 1.54) is 23.1 Å². The lowest BCUT2D eigenvalue weighted by Gasteiger charge is -2.18. The Morgan fingerprint density at radius 2 is 1.38 bits per heavy atom. The molecule has 0 spiro atoms. The number of nitrogens with one attached hydrogen (secondary N) is 2. The van der Waals surface area contributed by atoms with Crippen LogP contribution >= 0.6 is 0 Å². The predicted octanol–water partition coefficient (Wildman–Crippen LogP) is 1.04. The summed E-state index contributed by atoms with van der Waals surface area (Å²) in [5.74, 6) is -6.06. The van der Waals surface area contributed by atoms with E-state index in [1.807, 2.05) is 0 Å². The van der Waals surface area contributed by atoms with Crippen LogP contribution in [0.25, 0.3) is 10.8 Å². The number of carboxylic acids is 2. The van der Waals surface area contributed by atoms with Crippen molar-refractivity contribution in [3.8, 4) is 0 Å². The quantitative estimate of drug-likeness (QED) is 0.338. The maximum Gasteiger partial charge on any atom is 0.337 e. The fourth-order valence-corrected chi connectivity index (χ4v) is 2.91. The molecule has 0 bridgehead atoms. The van der Waals surface area contributed by atoms with Gasteiger partial charge in [-0.2, -0.15) is 0 Å². The van der Waals surface area contributed by atoms with Crippen LogP contribution in [0.15, 0.2) is 18.2 Å². The Morgan fingerprint density at radius 1 is 0.846 bits per heavy atom. The molecule has 0 radical (unpaired) electrons. The highest BCUT2D eigenvalue weighted by atomic mass is 16.5. The molecule has 0 atom stereocenters. The van der Waals surface area contributed by atoms with Crippen molar-refractivity contribution in [1.29, 1.82) is 0 Å². The molecule has 2 aromatic rings. The molecule has 26 heavy (non-hydrogen) atoms. The molecule has 0 aliphatic heterocycles. The number of hydrogen-bond donors (Lipinski definition) is 6. The first kappa shape index (κ1) is 18.8. The third-order valence-electron chi connectivity index (χ3n) is 3.89. The maximum atomic E-state index is 12.2. The lowest BCUT2D eigenvalue weighted by molar-refractivity contribution is 0.0632. The van der Waals surface area contributed by atoms with Crippen molar-refractivity contribution in [2.45, 2.75) is 13.3 Å². The molecule has 0 unspecified atom stereocenters. The van der Waals surface area contributed by atoms with Crippen LogP contribution in [0.2, 0.25) is 0 Å². The molecule has 0 aliphatic rings. The zero-order valence-electron chi connectivity index (χ0n) is 13.4. The third kappa shape index (κ3) is 2.83. The predicted molar refractivity (Wildman–Crippen MR) is 85.8 cm³/mol. The summed E-state index contributed by atoms with van der Waals surface area (Å²) in [4.78, 5) is 47.8. The highest BCUT2D eigenvalue weighted by Gasteiger charge is 2.33. The molecule has 0 heterocycles. The van der Waals surface area contributed by atoms with E-state index >= 15 is 0 Å². The van der Waals surface area contributed by atoms with Crippen LogP contribution in [0.3, 0.4) is 0 Å². The van der Waals surface area contributed by atoms with Gasteiger partial charge in [-0.15, -0.1) is 0 Å². The lowest BCUT2D eigenvalue weighted by atomic mass is 9.85. The number of benzene rings is 2. The molecular weight excluding hydrogens is 348 g/mol. The third-order valence-corrected chi connectivity index (χ3v) is 3.89. The van der Waals surface area contributed by atoms with Gasteiger partial charge in [-0.1, -0.05) is 25.1 Å². The average Bonchev–Trinajstić information content (AvgIpc) is 2.63. The Labute approximate surface area is 145 Å². The van der Waals surface area contributed by atoms with Gasteiger partial charge >= 0.3 is 11.9 Å². The van der Waals surface area contributed by atoms with Gasteiger partial charge < -0.3 is 10.2 Å². The normalized spacial score (nSPS) is 10.4. The number of carbonyl (C=O) groups excluding carboxylic acids is 2. The van der Waals surface area contributed by atoms with Crippen LogP contribution in [0.4, 0.5) is 0 Å². The lowest BCUT2D eigenvalue weighted by Crippen LogP contribution is -2.30. The van der Waals surface area contributed by atoms with Crippen LogP contribution < -0.4 is 11.0 Å². The molecular formula is C16H14N2O8. The van der Waals surface area contributed by atoms with Gasteiger partial charge in [0.15, 0.2) is 0 Å². The van der Waals surface area contributed by atoms with E-state index in [2.05, 4.69) is 0 Å². The molecule has 0 saturated carbocycles. The average molecular weight is 362 g/mol. The molecule has 10 heteroatoms. The second kappa shape index (κ2) is 7.17. The number of amides is 2. The summed E-state index contributed by atoms with van der Waals surface area (Å²) in [6.45, 7) is 1.70. The number of hydroxylamine groups is 2. The van der Waals surface area contributed by atoms with Crippen LogP contribution in [-0.4, -0.2) is 44.4 Å². The molecule has 136 valence electrons. The van der Waals surface area contributed by atoms with Gasteiger partial charge in [0, 0.05) is 5.39 Å². The van der Waals surface area contributed by atoms with E-state index in [0.717, 1.165) is 0 Å². The molecule has 0 saturated heterocycles. The van der Waals surface area contributed by atoms with Gasteiger partial charge in [-0.25, -0.2) is 20.5 Å². The van der Waals surface area contributed by atoms with E-state index in [4.69, 9.17) is 10.4 Å². The first-order chi connectivity index (χ1) is 12.3. The largest absolute Gasteiger partial charge is 0.478 e. The van der Waals surface area contributed by atoms with E-state index < -0.39 is 46.0 Å². The minimum atomic E-state index is -1.79. The van der Waals surface area contributed by atoms with Gasteiger partial charge in [0.05, 0.1) is 22.3 Å². The molecule has 0 aliphatic carbocycles. The van der Waals surface area contributed by atoms with Gasteiger partial charge in [0.2, 0.25) is 0 Å². The number of aryl methyl sites for hydroxylation is 1. The van der Waals surface area contributed by atoms with Crippen molar-refractivity contribution in [3.63, 3.8) is 0 Å². The summed E-state index contributed by atoms with van der Waals surface area (Å²) >= 11 is 0. The summed E-state index contributed by atoms with van der Waals surface area (Å²) in [5, 5.41) is 37.0. The highest BCUT2D eigenvalue weighted by Crippen LogP contribution is 2.34. The van der Waals surface area contributed by atoms with E-state index in [0.29, 0.717) is 12.0 Å². The summed E-state index contributed by atoms with van der Waals surface area (Å²) in [6, 6.07) is 4.35. The zero-order chi connectivity index (χ0) is 19.6. The SMILES string of the molecule is CCc1cccc2c(C(=O)NO)c(C(=O)NO)c(C(=O)O)c(C(=O)O)c12. The van der Waals surface area contributed by atoms with Crippen LogP contribution in [-0.2, 0) is 6.42 Å². The van der Waals surface area contributed by atoms with Gasteiger partial charge in [-0.3, -0.25) is 20.0 Å². The van der Waals surface area contributed by atoms with Crippen molar-refractivity contribution < 1.29 is 39.8 Å². The smallest absolute Gasteiger partial charge is 0.337 e. The van der Waals surface area contributed by atoms with Crippen molar-refractivity contribution in [3.05, 3.63) is 46.0 Å². The van der Waals surface area contributed by atoms with Gasteiger partial charge in [0.1, 0.15) is 0 Å². The Morgan fingerprint density at radius 3 is 1.85 bits per heavy atom. The second-order valence-corrected chi connectivity index (χ2v) is 5.19. The summed E-state index contributed by atoms with van der Waals surface area (Å²) < 4.78 is 0. The van der Waals surface area contributed by atoms with Crippen molar-refractivity contribution in [2.24, 2.45) is 0 Å². The maximum absolute atomic E-state index is 12.2. The number of hydrogen-bond acceptors (Lipinski definition) is 6. The molecule has 10 nitrogen and oxygen atoms in total. The monoisotopic (exact) mass is 362 g/mol. The van der Waals surface area contributed by atoms with Gasteiger partial charge in [-0.05, 0) is 17.4 Å². The molecule has 2 rings (SSSR count). The second-order valence-electron chi connectivity index (χ2n) is 5.19. The number of carbonyl (C=O) groups is 4. The van der Waals surface area contributed by atoms with Crippen molar-refractivity contribution in [2.75, 3.05) is 0 Å². The van der Waals surface area contributed by atoms with Crippen molar-refractivity contribution >= 4 is 34.5 Å². The highest BCUT2D eigenvalue weighted by molar-refractivity contribution is 6.25. The minimum absolute atomic E-state index is 0.0482. The number of fused-ring (bicyclic) bond motifs is 1. The Hall–Kier alpha value is -3.50. The summed E-state index contributed by atoms with van der Waals surface area (Å²) in [7, 11) is 0. The van der Waals surface area contributed by atoms with Crippen LogP contribution in [0.5, 0.6) is 0 Å². The van der Waals surface area contributed by atoms with Crippen molar-refractivity contribution in [1.82, 2.24) is 11.0 Å². The Bertz CT molecular complexity index is 951. The van der Waals surface area contributed by atoms with Crippen LogP contribution in [0, 0.1) is 0 Å². The fraction of sp³-hybridized carbons (Fsp3) is 0.125. The standard InChI is InChI=1S/C16H14N2O8/c1-2-6-4-3-5-7-8(6)11(15(21)22)12(16(23)24)10(14(20)18-26)9(7)13(19)17-25/h3-5,25-26H,2H2,1H3,(H,17,19)(H,18,20)(H,21,22)(H,23,24). The molecule has 2 aromatic carbocycles. The molecule has 6 N–H and O–H groups in total. The summed E-state index contributed by atoms with van der Waals surface area (Å²) in [5.41, 5.74) is -0.209. The molecule has 0 aromatic heterocycles. The van der Waals surface area contributed by atoms with E-state index in [-0.39, 0.29) is 10.8 Å². The fourth-order valence-electron chi connectivity index (χ4n) is 2.91. The molecule has 2 amide bonds. The number of carboxylic acid groups (broad SMARTS) is 2. The minimum Gasteiger partial charge on any atom is -0.478 e. The van der Waals surface area contributed by atoms with Crippen LogP contribution in [0.1, 0.15) is 53.9 Å². The molecule has 0 fully saturated rings. The Kier molecular flexibility index (Phi) is 5.19. The number of rotatable bonds is 5. The van der Waals surface area contributed by atoms with Gasteiger partial charge in [0.25, 0.3) is 11.8 Å². The van der Waals surface area contributed by atoms with E-state index in [9.17, 15) is 29.4 Å².